The van der Waals surface area contributed by atoms with Crippen molar-refractivity contribution in [1.82, 2.24) is 0 Å². The molecule has 26 heavy (non-hydrogen) atoms. The summed E-state index contributed by atoms with van der Waals surface area (Å²) in [6.07, 6.45) is 18.4. The van der Waals surface area contributed by atoms with E-state index in [1.165, 1.54) is 44.9 Å². The largest absolute Gasteiger partial charge is 0.463 e. The Bertz CT molecular complexity index is 425. The molecule has 2 atom stereocenters. The van der Waals surface area contributed by atoms with Crippen molar-refractivity contribution in [3.63, 3.8) is 0 Å². The highest BCUT2D eigenvalue weighted by atomic mass is 16.5. The van der Waals surface area contributed by atoms with E-state index in [2.05, 4.69) is 19.1 Å². The normalized spacial score (nSPS) is 20.4. The Morgan fingerprint density at radius 3 is 2.58 bits per heavy atom. The molecule has 3 nitrogen and oxygen atoms in total. The minimum atomic E-state index is -0.113. The summed E-state index contributed by atoms with van der Waals surface area (Å²) in [6.45, 7) is 6.00. The summed E-state index contributed by atoms with van der Waals surface area (Å²) in [5.74, 6) is 1.19. The average molecular weight is 365 g/mol. The van der Waals surface area contributed by atoms with E-state index in [4.69, 9.17) is 4.74 Å². The van der Waals surface area contributed by atoms with E-state index in [0.717, 1.165) is 32.1 Å². The Labute approximate surface area is 161 Å². The summed E-state index contributed by atoms with van der Waals surface area (Å²) >= 11 is 0. The minimum Gasteiger partial charge on any atom is -0.463 e. The van der Waals surface area contributed by atoms with Crippen LogP contribution >= 0.6 is 0 Å². The molecule has 1 aliphatic rings. The Hall–Kier alpha value is -1.12. The van der Waals surface area contributed by atoms with Crippen LogP contribution < -0.4 is 0 Å². The van der Waals surface area contributed by atoms with Gasteiger partial charge in [-0.1, -0.05) is 57.6 Å². The summed E-state index contributed by atoms with van der Waals surface area (Å²) in [5.41, 5.74) is 0. The fourth-order valence-corrected chi connectivity index (χ4v) is 3.88. The molecule has 0 aromatic carbocycles. The highest BCUT2D eigenvalue weighted by Gasteiger charge is 2.32. The van der Waals surface area contributed by atoms with Gasteiger partial charge in [0.15, 0.2) is 0 Å². The van der Waals surface area contributed by atoms with Gasteiger partial charge in [-0.05, 0) is 51.9 Å². The van der Waals surface area contributed by atoms with Crippen molar-refractivity contribution in [3.05, 3.63) is 12.2 Å². The number of rotatable bonds is 14. The van der Waals surface area contributed by atoms with E-state index >= 15 is 0 Å². The molecule has 1 aliphatic carbocycles. The van der Waals surface area contributed by atoms with Gasteiger partial charge in [0.25, 0.3) is 0 Å². The minimum absolute atomic E-state index is 0.0324. The van der Waals surface area contributed by atoms with E-state index in [0.29, 0.717) is 18.1 Å². The van der Waals surface area contributed by atoms with Gasteiger partial charge in [0.2, 0.25) is 0 Å². The van der Waals surface area contributed by atoms with Gasteiger partial charge in [0.1, 0.15) is 5.78 Å². The zero-order valence-electron chi connectivity index (χ0n) is 17.3. The third-order valence-electron chi connectivity index (χ3n) is 5.35. The number of Topliss-reactive ketones (excluding diaryl/α,β-unsaturated/α-hetero) is 1. The molecule has 150 valence electrons. The van der Waals surface area contributed by atoms with Crippen molar-refractivity contribution in [2.24, 2.45) is 11.8 Å². The molecule has 3 heteroatoms. The van der Waals surface area contributed by atoms with E-state index < -0.39 is 0 Å². The predicted molar refractivity (Wildman–Crippen MR) is 108 cm³/mol. The van der Waals surface area contributed by atoms with E-state index in [9.17, 15) is 9.59 Å². The molecule has 0 saturated heterocycles. The van der Waals surface area contributed by atoms with Gasteiger partial charge >= 0.3 is 5.97 Å². The molecule has 0 heterocycles. The summed E-state index contributed by atoms with van der Waals surface area (Å²) in [6, 6.07) is 0. The van der Waals surface area contributed by atoms with Crippen LogP contribution in [0.25, 0.3) is 0 Å². The lowest BCUT2D eigenvalue weighted by Crippen LogP contribution is -2.14. The highest BCUT2D eigenvalue weighted by molar-refractivity contribution is 5.83. The fraction of sp³-hybridized carbons (Fsp3) is 0.826. The lowest BCUT2D eigenvalue weighted by atomic mass is 9.87. The van der Waals surface area contributed by atoms with E-state index in [-0.39, 0.29) is 18.0 Å². The fourth-order valence-electron chi connectivity index (χ4n) is 3.88. The van der Waals surface area contributed by atoms with Crippen LogP contribution in [0, 0.1) is 11.8 Å². The molecular weight excluding hydrogens is 324 g/mol. The zero-order chi connectivity index (χ0) is 19.2. The second-order valence-electron chi connectivity index (χ2n) is 8.07. The van der Waals surface area contributed by atoms with Crippen LogP contribution in [0.4, 0.5) is 0 Å². The number of hydrogen-bond donors (Lipinski definition) is 0. The Morgan fingerprint density at radius 2 is 1.85 bits per heavy atom. The summed E-state index contributed by atoms with van der Waals surface area (Å²) in [5, 5.41) is 0. The number of allylic oxidation sites excluding steroid dienone is 2. The first kappa shape index (κ1) is 22.9. The molecule has 0 N–H and O–H groups in total. The molecule has 0 aromatic heterocycles. The smallest absolute Gasteiger partial charge is 0.306 e. The van der Waals surface area contributed by atoms with Gasteiger partial charge in [-0.25, -0.2) is 0 Å². The van der Waals surface area contributed by atoms with Gasteiger partial charge in [0, 0.05) is 18.8 Å². The highest BCUT2D eigenvalue weighted by Crippen LogP contribution is 2.35. The SMILES string of the molecule is CCCCCCCC[C@H]1CCC(=O)[C@@H]1C/C=C\CCCC(=O)OC(C)C. The van der Waals surface area contributed by atoms with Crippen LogP contribution in [0.2, 0.25) is 0 Å². The van der Waals surface area contributed by atoms with Crippen molar-refractivity contribution < 1.29 is 14.3 Å². The van der Waals surface area contributed by atoms with Crippen LogP contribution in [0.5, 0.6) is 0 Å². The first-order valence-corrected chi connectivity index (χ1v) is 10.9. The van der Waals surface area contributed by atoms with Crippen LogP contribution in [0.15, 0.2) is 12.2 Å². The van der Waals surface area contributed by atoms with Crippen molar-refractivity contribution in [3.8, 4) is 0 Å². The first-order valence-electron chi connectivity index (χ1n) is 10.9. The molecule has 1 fully saturated rings. The second-order valence-corrected chi connectivity index (χ2v) is 8.07. The molecular formula is C23H40O3. The average Bonchev–Trinajstić information content (AvgIpc) is 2.93. The van der Waals surface area contributed by atoms with Gasteiger partial charge < -0.3 is 4.74 Å². The summed E-state index contributed by atoms with van der Waals surface area (Å²) in [7, 11) is 0. The summed E-state index contributed by atoms with van der Waals surface area (Å²) in [4.78, 5) is 23.6. The predicted octanol–water partition coefficient (Wildman–Crippen LogP) is 6.40. The third-order valence-corrected chi connectivity index (χ3v) is 5.35. The van der Waals surface area contributed by atoms with Gasteiger partial charge in [-0.3, -0.25) is 9.59 Å². The van der Waals surface area contributed by atoms with Crippen molar-refractivity contribution in [1.29, 1.82) is 0 Å². The quantitative estimate of drug-likeness (QED) is 0.203. The van der Waals surface area contributed by atoms with Crippen molar-refractivity contribution in [2.75, 3.05) is 0 Å². The summed E-state index contributed by atoms with van der Waals surface area (Å²) < 4.78 is 5.13. The topological polar surface area (TPSA) is 43.4 Å². The van der Waals surface area contributed by atoms with E-state index in [1.54, 1.807) is 0 Å². The number of carbonyl (C=O) groups excluding carboxylic acids is 2. The van der Waals surface area contributed by atoms with Crippen LogP contribution in [0.3, 0.4) is 0 Å². The maximum atomic E-state index is 12.2. The molecule has 0 bridgehead atoms. The lowest BCUT2D eigenvalue weighted by Gasteiger charge is -2.16. The van der Waals surface area contributed by atoms with Crippen molar-refractivity contribution in [2.45, 2.75) is 110 Å². The molecule has 0 aliphatic heterocycles. The van der Waals surface area contributed by atoms with Crippen LogP contribution in [-0.2, 0) is 14.3 Å². The van der Waals surface area contributed by atoms with Gasteiger partial charge in [-0.2, -0.15) is 0 Å². The Balaban J connectivity index is 2.17. The maximum absolute atomic E-state index is 12.2. The monoisotopic (exact) mass is 364 g/mol. The number of ketones is 1. The first-order chi connectivity index (χ1) is 12.5. The Kier molecular flexibility index (Phi) is 12.3. The molecule has 0 spiro atoms. The standard InChI is InChI=1S/C23H40O3/c1-4-5-6-7-8-11-14-20-17-18-22(24)21(20)15-12-9-10-13-16-23(25)26-19(2)3/h9,12,19-21H,4-8,10-11,13-18H2,1-3H3/b12-9-/t20-,21+/m0/s1. The number of ether oxygens (including phenoxy) is 1. The lowest BCUT2D eigenvalue weighted by molar-refractivity contribution is -0.147. The van der Waals surface area contributed by atoms with Gasteiger partial charge in [0.05, 0.1) is 6.10 Å². The number of esters is 1. The van der Waals surface area contributed by atoms with E-state index in [1.807, 2.05) is 13.8 Å². The van der Waals surface area contributed by atoms with Crippen LogP contribution in [0.1, 0.15) is 104 Å². The molecule has 0 radical (unpaired) electrons. The molecule has 0 unspecified atom stereocenters. The third kappa shape index (κ3) is 10.1. The molecule has 0 aromatic rings. The molecule has 0 amide bonds. The maximum Gasteiger partial charge on any atom is 0.306 e. The van der Waals surface area contributed by atoms with Gasteiger partial charge in [-0.15, -0.1) is 0 Å². The number of carbonyl (C=O) groups is 2. The number of hydrogen-bond acceptors (Lipinski definition) is 3. The zero-order valence-corrected chi connectivity index (χ0v) is 17.3. The molecule has 1 rings (SSSR count). The number of unbranched alkanes of at least 4 members (excludes halogenated alkanes) is 6. The second kappa shape index (κ2) is 14.0. The van der Waals surface area contributed by atoms with Crippen molar-refractivity contribution >= 4 is 11.8 Å². The van der Waals surface area contributed by atoms with Crippen LogP contribution in [-0.4, -0.2) is 17.9 Å². The Morgan fingerprint density at radius 1 is 1.12 bits per heavy atom. The molecule has 1 saturated carbocycles.